The second kappa shape index (κ2) is 4.30. The Morgan fingerprint density at radius 1 is 0.905 bits per heavy atom. The average Bonchev–Trinajstić information content (AvgIpc) is 2.76. The molecular weight excluding hydrogens is 262 g/mol. The molecule has 1 aromatic carbocycles. The van der Waals surface area contributed by atoms with E-state index < -0.39 is 0 Å². The largest absolute Gasteiger partial charge is 0.274 e. The first-order chi connectivity index (χ1) is 10.1. The van der Waals surface area contributed by atoms with Gasteiger partial charge in [0.2, 0.25) is 11.8 Å². The van der Waals surface area contributed by atoms with Crippen LogP contribution in [-0.2, 0) is 9.59 Å². The van der Waals surface area contributed by atoms with Crippen molar-refractivity contribution < 1.29 is 9.59 Å². The van der Waals surface area contributed by atoms with Crippen LogP contribution in [0.1, 0.15) is 24.0 Å². The zero-order valence-corrected chi connectivity index (χ0v) is 12.4. The highest BCUT2D eigenvalue weighted by Crippen LogP contribution is 2.50. The average molecular weight is 281 g/mol. The number of anilines is 1. The molecule has 21 heavy (non-hydrogen) atoms. The number of fused-ring (bicyclic) bond motifs is 1. The Morgan fingerprint density at radius 3 is 1.81 bits per heavy atom. The third-order valence-corrected chi connectivity index (χ3v) is 5.42. The molecule has 2 unspecified atom stereocenters. The highest BCUT2D eigenvalue weighted by molar-refractivity contribution is 6.23. The first-order valence-electron chi connectivity index (χ1n) is 7.72. The molecule has 2 amide bonds. The molecular formula is C18H19NO2. The van der Waals surface area contributed by atoms with Gasteiger partial charge in [-0.15, -0.1) is 0 Å². The summed E-state index contributed by atoms with van der Waals surface area (Å²) in [5, 5.41) is 0. The number of imide groups is 1. The Bertz CT molecular complexity index is 624. The molecule has 3 heteroatoms. The minimum absolute atomic E-state index is 0.0152. The SMILES string of the molecule is Cc1cccc(C)c1N1C(=O)[C@@H]2C3C=CC(CC3)[C@@H]2C1=O. The van der Waals surface area contributed by atoms with Crippen LogP contribution >= 0.6 is 0 Å². The topological polar surface area (TPSA) is 37.4 Å². The molecule has 108 valence electrons. The third-order valence-electron chi connectivity index (χ3n) is 5.42. The van der Waals surface area contributed by atoms with Gasteiger partial charge in [0.1, 0.15) is 0 Å². The lowest BCUT2D eigenvalue weighted by atomic mass is 9.63. The second-order valence-corrected chi connectivity index (χ2v) is 6.59. The standard InChI is InChI=1S/C18H19NO2/c1-10-4-3-5-11(2)16(10)19-17(20)14-12-6-7-13(9-8-12)15(14)18(19)21/h3-7,12-15H,8-9H2,1-2H3/t12?,13?,14-,15+. The van der Waals surface area contributed by atoms with Gasteiger partial charge in [0.15, 0.2) is 0 Å². The summed E-state index contributed by atoms with van der Waals surface area (Å²) in [5.74, 6) is 0.292. The maximum absolute atomic E-state index is 12.9. The molecule has 1 saturated carbocycles. The normalized spacial score (nSPS) is 33.7. The van der Waals surface area contributed by atoms with E-state index in [2.05, 4.69) is 12.2 Å². The van der Waals surface area contributed by atoms with Crippen LogP contribution in [0.15, 0.2) is 30.4 Å². The van der Waals surface area contributed by atoms with Crippen LogP contribution < -0.4 is 4.90 Å². The first-order valence-corrected chi connectivity index (χ1v) is 7.72. The van der Waals surface area contributed by atoms with E-state index in [0.717, 1.165) is 29.7 Å². The molecule has 0 N–H and O–H groups in total. The molecule has 1 saturated heterocycles. The van der Waals surface area contributed by atoms with Gasteiger partial charge in [-0.25, -0.2) is 4.90 Å². The first kappa shape index (κ1) is 12.8. The summed E-state index contributed by atoms with van der Waals surface area (Å²) in [6.07, 6.45) is 6.41. The minimum Gasteiger partial charge on any atom is -0.274 e. The number of nitrogens with zero attached hydrogens (tertiary/aromatic N) is 1. The van der Waals surface area contributed by atoms with Gasteiger partial charge in [-0.2, -0.15) is 0 Å². The van der Waals surface area contributed by atoms with Crippen molar-refractivity contribution in [2.45, 2.75) is 26.7 Å². The Labute approximate surface area is 124 Å². The number of rotatable bonds is 1. The van der Waals surface area contributed by atoms with Gasteiger partial charge in [-0.1, -0.05) is 30.4 Å². The van der Waals surface area contributed by atoms with Crippen molar-refractivity contribution in [3.8, 4) is 0 Å². The maximum Gasteiger partial charge on any atom is 0.238 e. The number of hydrogen-bond acceptors (Lipinski definition) is 2. The van der Waals surface area contributed by atoms with Crippen LogP contribution in [0.3, 0.4) is 0 Å². The predicted molar refractivity (Wildman–Crippen MR) is 80.7 cm³/mol. The number of aryl methyl sites for hydroxylation is 2. The highest BCUT2D eigenvalue weighted by atomic mass is 16.2. The summed E-state index contributed by atoms with van der Waals surface area (Å²) in [4.78, 5) is 27.3. The molecule has 2 bridgehead atoms. The molecule has 4 aliphatic rings. The van der Waals surface area contributed by atoms with Gasteiger partial charge in [0.05, 0.1) is 17.5 Å². The Morgan fingerprint density at radius 2 is 1.38 bits per heavy atom. The summed E-state index contributed by atoms with van der Waals surface area (Å²) in [7, 11) is 0. The molecule has 3 aliphatic carbocycles. The van der Waals surface area contributed by atoms with Crippen molar-refractivity contribution in [3.05, 3.63) is 41.5 Å². The fourth-order valence-corrected chi connectivity index (χ4v) is 4.45. The zero-order chi connectivity index (χ0) is 14.7. The van der Waals surface area contributed by atoms with Crippen molar-refractivity contribution in [1.82, 2.24) is 0 Å². The Hall–Kier alpha value is -1.90. The van der Waals surface area contributed by atoms with E-state index in [1.165, 1.54) is 4.90 Å². The van der Waals surface area contributed by atoms with Crippen molar-refractivity contribution in [2.75, 3.05) is 4.90 Å². The maximum atomic E-state index is 12.9. The van der Waals surface area contributed by atoms with Crippen LogP contribution in [0.25, 0.3) is 0 Å². The summed E-state index contributed by atoms with van der Waals surface area (Å²) in [6, 6.07) is 5.91. The molecule has 5 rings (SSSR count). The predicted octanol–water partition coefficient (Wildman–Crippen LogP) is 3.01. The van der Waals surface area contributed by atoms with Gasteiger partial charge < -0.3 is 0 Å². The van der Waals surface area contributed by atoms with E-state index in [0.29, 0.717) is 0 Å². The number of carbonyl (C=O) groups is 2. The fraction of sp³-hybridized carbons (Fsp3) is 0.444. The number of benzene rings is 1. The second-order valence-electron chi connectivity index (χ2n) is 6.59. The molecule has 4 atom stereocenters. The summed E-state index contributed by atoms with van der Waals surface area (Å²) in [5.41, 5.74) is 2.80. The number of carbonyl (C=O) groups excluding carboxylic acids is 2. The monoisotopic (exact) mass is 281 g/mol. The smallest absolute Gasteiger partial charge is 0.238 e. The number of amides is 2. The fourth-order valence-electron chi connectivity index (χ4n) is 4.45. The lowest BCUT2D eigenvalue weighted by Gasteiger charge is -2.38. The summed E-state index contributed by atoms with van der Waals surface area (Å²) in [6.45, 7) is 3.94. The summed E-state index contributed by atoms with van der Waals surface area (Å²) >= 11 is 0. The number of hydrogen-bond donors (Lipinski definition) is 0. The van der Waals surface area contributed by atoms with Gasteiger partial charge in [-0.05, 0) is 49.7 Å². The van der Waals surface area contributed by atoms with E-state index in [1.807, 2.05) is 32.0 Å². The Balaban J connectivity index is 1.83. The third kappa shape index (κ3) is 1.60. The number of para-hydroxylation sites is 1. The minimum atomic E-state index is -0.125. The highest BCUT2D eigenvalue weighted by Gasteiger charge is 2.57. The van der Waals surface area contributed by atoms with E-state index >= 15 is 0 Å². The van der Waals surface area contributed by atoms with Crippen molar-refractivity contribution in [2.24, 2.45) is 23.7 Å². The molecule has 0 radical (unpaired) electrons. The van der Waals surface area contributed by atoms with E-state index in [9.17, 15) is 9.59 Å². The van der Waals surface area contributed by atoms with Crippen LogP contribution in [0, 0.1) is 37.5 Å². The van der Waals surface area contributed by atoms with Crippen LogP contribution in [-0.4, -0.2) is 11.8 Å². The van der Waals surface area contributed by atoms with E-state index in [-0.39, 0.29) is 35.5 Å². The van der Waals surface area contributed by atoms with Gasteiger partial charge in [0.25, 0.3) is 0 Å². The summed E-state index contributed by atoms with van der Waals surface area (Å²) < 4.78 is 0. The van der Waals surface area contributed by atoms with Crippen molar-refractivity contribution in [3.63, 3.8) is 0 Å². The zero-order valence-electron chi connectivity index (χ0n) is 12.4. The van der Waals surface area contributed by atoms with Gasteiger partial charge in [0, 0.05) is 0 Å². The molecule has 2 fully saturated rings. The van der Waals surface area contributed by atoms with Crippen LogP contribution in [0.2, 0.25) is 0 Å². The molecule has 1 aromatic rings. The number of allylic oxidation sites excluding steroid dienone is 2. The molecule has 0 aromatic heterocycles. The molecule has 3 nitrogen and oxygen atoms in total. The van der Waals surface area contributed by atoms with Gasteiger partial charge in [-0.3, -0.25) is 9.59 Å². The van der Waals surface area contributed by atoms with Crippen LogP contribution in [0.4, 0.5) is 5.69 Å². The molecule has 1 heterocycles. The molecule has 1 aliphatic heterocycles. The molecule has 0 spiro atoms. The van der Waals surface area contributed by atoms with Gasteiger partial charge >= 0.3 is 0 Å². The lowest BCUT2D eigenvalue weighted by molar-refractivity contribution is -0.124. The van der Waals surface area contributed by atoms with Crippen LogP contribution in [0.5, 0.6) is 0 Å². The quantitative estimate of drug-likeness (QED) is 0.586. The Kier molecular flexibility index (Phi) is 2.62. The van der Waals surface area contributed by atoms with Crippen molar-refractivity contribution in [1.29, 1.82) is 0 Å². The lowest BCUT2D eigenvalue weighted by Crippen LogP contribution is -2.38. The van der Waals surface area contributed by atoms with E-state index in [1.54, 1.807) is 0 Å². The van der Waals surface area contributed by atoms with E-state index in [4.69, 9.17) is 0 Å². The van der Waals surface area contributed by atoms with Crippen molar-refractivity contribution >= 4 is 17.5 Å².